The molecule has 8 heteroatoms. The van der Waals surface area contributed by atoms with Crippen molar-refractivity contribution in [2.24, 2.45) is 0 Å². The third-order valence-corrected chi connectivity index (χ3v) is 2.30. The van der Waals surface area contributed by atoms with Crippen molar-refractivity contribution in [3.8, 4) is 0 Å². The molecule has 2 aromatic rings. The normalized spacial score (nSPS) is 11.8. The van der Waals surface area contributed by atoms with Crippen LogP contribution in [0.3, 0.4) is 0 Å². The van der Waals surface area contributed by atoms with Gasteiger partial charge in [0.2, 0.25) is 0 Å². The molecule has 0 bridgehead atoms. The van der Waals surface area contributed by atoms with Crippen LogP contribution in [0.2, 0.25) is 0 Å². The van der Waals surface area contributed by atoms with E-state index >= 15 is 0 Å². The second-order valence-corrected chi connectivity index (χ2v) is 3.65. The predicted molar refractivity (Wildman–Crippen MR) is 59.3 cm³/mol. The predicted octanol–water partition coefficient (Wildman–Crippen LogP) is 1.77. The maximum Gasteiger partial charge on any atom is 0.453 e. The Hall–Kier alpha value is -2.12. The van der Waals surface area contributed by atoms with Gasteiger partial charge in [-0.25, -0.2) is 0 Å². The largest absolute Gasteiger partial charge is 0.453 e. The number of hydrogen-bond acceptors (Lipinski definition) is 4. The summed E-state index contributed by atoms with van der Waals surface area (Å²) >= 11 is 0. The Kier molecular flexibility index (Phi) is 2.93. The van der Waals surface area contributed by atoms with Crippen molar-refractivity contribution < 1.29 is 13.2 Å². The highest BCUT2D eigenvalue weighted by Gasteiger charge is 2.37. The first-order valence-corrected chi connectivity index (χ1v) is 5.05. The first-order valence-electron chi connectivity index (χ1n) is 5.05. The number of anilines is 1. The van der Waals surface area contributed by atoms with Gasteiger partial charge in [0.25, 0.3) is 5.82 Å². The summed E-state index contributed by atoms with van der Waals surface area (Å²) in [5.41, 5.74) is 0.0538. The van der Waals surface area contributed by atoms with Gasteiger partial charge in [-0.05, 0) is 12.1 Å². The summed E-state index contributed by atoms with van der Waals surface area (Å²) in [6.45, 7) is 4.03. The van der Waals surface area contributed by atoms with E-state index < -0.39 is 12.0 Å². The molecule has 0 radical (unpaired) electrons. The zero-order valence-corrected chi connectivity index (χ0v) is 9.52. The van der Waals surface area contributed by atoms with Gasteiger partial charge in [-0.1, -0.05) is 6.08 Å². The third kappa shape index (κ3) is 2.13. The fourth-order valence-corrected chi connectivity index (χ4v) is 1.45. The van der Waals surface area contributed by atoms with Gasteiger partial charge in [0, 0.05) is 13.6 Å². The van der Waals surface area contributed by atoms with Crippen molar-refractivity contribution in [2.45, 2.75) is 6.18 Å². The Bertz CT molecular complexity index is 574. The Morgan fingerprint density at radius 1 is 1.39 bits per heavy atom. The number of hydrogen-bond donors (Lipinski definition) is 0. The van der Waals surface area contributed by atoms with E-state index in [-0.39, 0.29) is 5.65 Å². The summed E-state index contributed by atoms with van der Waals surface area (Å²) in [6.07, 6.45) is -2.95. The van der Waals surface area contributed by atoms with E-state index in [9.17, 15) is 13.2 Å². The minimum Gasteiger partial charge on any atom is -0.355 e. The Morgan fingerprint density at radius 2 is 2.11 bits per heavy atom. The van der Waals surface area contributed by atoms with E-state index in [2.05, 4.69) is 21.9 Å². The molecule has 0 aromatic carbocycles. The van der Waals surface area contributed by atoms with Crippen LogP contribution in [0.1, 0.15) is 5.82 Å². The molecule has 0 aliphatic heterocycles. The maximum atomic E-state index is 12.6. The summed E-state index contributed by atoms with van der Waals surface area (Å²) in [4.78, 5) is 1.66. The summed E-state index contributed by atoms with van der Waals surface area (Å²) in [5.74, 6) is -0.751. The van der Waals surface area contributed by atoms with Gasteiger partial charge in [-0.15, -0.1) is 21.9 Å². The summed E-state index contributed by atoms with van der Waals surface area (Å²) < 4.78 is 38.6. The Morgan fingerprint density at radius 3 is 2.72 bits per heavy atom. The maximum absolute atomic E-state index is 12.6. The van der Waals surface area contributed by atoms with Crippen molar-refractivity contribution in [3.63, 3.8) is 0 Å². The van der Waals surface area contributed by atoms with Crippen LogP contribution in [-0.4, -0.2) is 33.4 Å². The fraction of sp³-hybridized carbons (Fsp3) is 0.300. The van der Waals surface area contributed by atoms with E-state index in [1.165, 1.54) is 6.07 Å². The fourth-order valence-electron chi connectivity index (χ4n) is 1.45. The highest BCUT2D eigenvalue weighted by atomic mass is 19.4. The molecule has 5 nitrogen and oxygen atoms in total. The lowest BCUT2D eigenvalue weighted by molar-refractivity contribution is -0.146. The number of fused-ring (bicyclic) bond motifs is 1. The van der Waals surface area contributed by atoms with Gasteiger partial charge in [-0.2, -0.15) is 17.7 Å². The van der Waals surface area contributed by atoms with Crippen LogP contribution in [0.25, 0.3) is 5.65 Å². The Balaban J connectivity index is 2.52. The van der Waals surface area contributed by atoms with Crippen LogP contribution in [0.4, 0.5) is 19.0 Å². The van der Waals surface area contributed by atoms with Crippen LogP contribution in [0.5, 0.6) is 0 Å². The van der Waals surface area contributed by atoms with Crippen LogP contribution in [0.15, 0.2) is 24.8 Å². The SMILES string of the molecule is C=CCN(C)c1ccc2nnc(C(F)(F)F)n2n1. The van der Waals surface area contributed by atoms with Crippen LogP contribution in [0, 0.1) is 0 Å². The van der Waals surface area contributed by atoms with E-state index in [1.807, 2.05) is 0 Å². The minimum atomic E-state index is -4.58. The molecular weight excluding hydrogens is 247 g/mol. The van der Waals surface area contributed by atoms with Crippen molar-refractivity contribution in [2.75, 3.05) is 18.5 Å². The van der Waals surface area contributed by atoms with Crippen molar-refractivity contribution >= 4 is 11.5 Å². The van der Waals surface area contributed by atoms with Crippen molar-refractivity contribution in [3.05, 3.63) is 30.6 Å². The van der Waals surface area contributed by atoms with Gasteiger partial charge in [0.1, 0.15) is 5.82 Å². The molecule has 0 fully saturated rings. The lowest BCUT2D eigenvalue weighted by atomic mass is 10.4. The molecule has 0 atom stereocenters. The van der Waals surface area contributed by atoms with Gasteiger partial charge in [0.05, 0.1) is 0 Å². The second-order valence-electron chi connectivity index (χ2n) is 3.65. The summed E-state index contributed by atoms with van der Waals surface area (Å²) in [5, 5.41) is 10.4. The molecule has 2 heterocycles. The lowest BCUT2D eigenvalue weighted by Gasteiger charge is -2.15. The zero-order valence-electron chi connectivity index (χ0n) is 9.52. The van der Waals surface area contributed by atoms with E-state index in [1.54, 1.807) is 24.1 Å². The average molecular weight is 257 g/mol. The zero-order chi connectivity index (χ0) is 13.3. The van der Waals surface area contributed by atoms with Crippen molar-refractivity contribution in [1.29, 1.82) is 0 Å². The molecule has 0 aliphatic carbocycles. The molecule has 0 saturated heterocycles. The molecule has 96 valence electrons. The molecule has 2 rings (SSSR count). The quantitative estimate of drug-likeness (QED) is 0.786. The lowest BCUT2D eigenvalue weighted by Crippen LogP contribution is -2.20. The second kappa shape index (κ2) is 4.28. The topological polar surface area (TPSA) is 46.3 Å². The highest BCUT2D eigenvalue weighted by molar-refractivity contribution is 5.45. The van der Waals surface area contributed by atoms with E-state index in [0.717, 1.165) is 0 Å². The number of halogens is 3. The minimum absolute atomic E-state index is 0.0538. The highest BCUT2D eigenvalue weighted by Crippen LogP contribution is 2.27. The number of nitrogens with zero attached hydrogens (tertiary/aromatic N) is 5. The summed E-state index contributed by atoms with van der Waals surface area (Å²) in [6, 6.07) is 3.01. The molecule has 0 N–H and O–H groups in total. The van der Waals surface area contributed by atoms with Crippen LogP contribution >= 0.6 is 0 Å². The van der Waals surface area contributed by atoms with Gasteiger partial charge in [0.15, 0.2) is 5.65 Å². The van der Waals surface area contributed by atoms with Crippen LogP contribution in [-0.2, 0) is 6.18 Å². The summed E-state index contributed by atoms with van der Waals surface area (Å²) in [7, 11) is 1.70. The average Bonchev–Trinajstić information content (AvgIpc) is 2.71. The first kappa shape index (κ1) is 12.3. The molecular formula is C10H10F3N5. The molecule has 2 aromatic heterocycles. The third-order valence-electron chi connectivity index (χ3n) is 2.30. The molecule has 0 spiro atoms. The van der Waals surface area contributed by atoms with Gasteiger partial charge >= 0.3 is 6.18 Å². The molecule has 0 amide bonds. The molecule has 18 heavy (non-hydrogen) atoms. The van der Waals surface area contributed by atoms with Crippen molar-refractivity contribution in [1.82, 2.24) is 19.8 Å². The molecule has 0 aliphatic rings. The standard InChI is InChI=1S/C10H10F3N5/c1-3-6-17(2)8-5-4-7-14-15-9(10(11,12)13)18(7)16-8/h3-5H,1,6H2,2H3. The van der Waals surface area contributed by atoms with E-state index in [4.69, 9.17) is 0 Å². The van der Waals surface area contributed by atoms with E-state index in [0.29, 0.717) is 16.9 Å². The monoisotopic (exact) mass is 257 g/mol. The number of aromatic nitrogens is 4. The Labute approximate surface area is 101 Å². The van der Waals surface area contributed by atoms with Gasteiger partial charge in [-0.3, -0.25) is 0 Å². The van der Waals surface area contributed by atoms with Crippen LogP contribution < -0.4 is 4.90 Å². The molecule has 0 saturated carbocycles. The smallest absolute Gasteiger partial charge is 0.355 e. The number of alkyl halides is 3. The number of likely N-dealkylation sites (N-methyl/N-ethyl adjacent to an activating group) is 1. The first-order chi connectivity index (χ1) is 8.43. The van der Waals surface area contributed by atoms with Gasteiger partial charge < -0.3 is 4.90 Å². The number of rotatable bonds is 3. The molecule has 0 unspecified atom stereocenters.